The number of hydrogen-bond acceptors (Lipinski definition) is 5. The molecule has 1 amide bonds. The summed E-state index contributed by atoms with van der Waals surface area (Å²) >= 11 is 6.32. The van der Waals surface area contributed by atoms with E-state index in [4.69, 9.17) is 17.0 Å². The summed E-state index contributed by atoms with van der Waals surface area (Å²) in [5.41, 5.74) is 0.637. The number of halogens is 3. The number of nitrogens with zero attached hydrogens (tertiary/aromatic N) is 1. The van der Waals surface area contributed by atoms with Crippen LogP contribution in [0.3, 0.4) is 0 Å². The Balaban J connectivity index is 1.75. The van der Waals surface area contributed by atoms with Crippen LogP contribution in [0.2, 0.25) is 0 Å². The van der Waals surface area contributed by atoms with Gasteiger partial charge in [-0.25, -0.2) is 4.79 Å². The standard InChI is InChI=1S/C21H16F3NO3S2/c1-2-28-19(27)15-8-6-13(7-9-15)11-17-18(26)25(20(29)30-17)12-14-4-3-5-16(10-14)21(22,23)24/h3-11H,2,12H2,1H3/b17-11-. The van der Waals surface area contributed by atoms with Crippen molar-refractivity contribution in [3.05, 3.63) is 75.7 Å². The molecule has 2 aromatic rings. The van der Waals surface area contributed by atoms with Crippen LogP contribution in [-0.4, -0.2) is 27.7 Å². The first kappa shape index (κ1) is 22.0. The van der Waals surface area contributed by atoms with Crippen molar-refractivity contribution in [1.29, 1.82) is 0 Å². The third kappa shape index (κ3) is 5.09. The first-order valence-corrected chi connectivity index (χ1v) is 10.1. The van der Waals surface area contributed by atoms with Crippen molar-refractivity contribution >= 4 is 46.3 Å². The Labute approximate surface area is 180 Å². The van der Waals surface area contributed by atoms with E-state index < -0.39 is 17.7 Å². The molecule has 0 aliphatic carbocycles. The van der Waals surface area contributed by atoms with Gasteiger partial charge in [0.05, 0.1) is 29.2 Å². The van der Waals surface area contributed by atoms with Crippen molar-refractivity contribution in [2.75, 3.05) is 6.61 Å². The van der Waals surface area contributed by atoms with Crippen LogP contribution in [0.15, 0.2) is 53.4 Å². The maximum atomic E-state index is 12.9. The molecule has 4 nitrogen and oxygen atoms in total. The van der Waals surface area contributed by atoms with Crippen LogP contribution in [0.5, 0.6) is 0 Å². The number of carbonyl (C=O) groups excluding carboxylic acids is 2. The van der Waals surface area contributed by atoms with Crippen molar-refractivity contribution in [2.45, 2.75) is 19.6 Å². The minimum atomic E-state index is -4.46. The zero-order chi connectivity index (χ0) is 21.9. The second-order valence-electron chi connectivity index (χ2n) is 6.31. The molecule has 2 aromatic carbocycles. The molecular formula is C21H16F3NO3S2. The molecule has 0 atom stereocenters. The number of rotatable bonds is 5. The molecule has 1 aliphatic rings. The first-order valence-electron chi connectivity index (χ1n) is 8.87. The fourth-order valence-electron chi connectivity index (χ4n) is 2.75. The maximum Gasteiger partial charge on any atom is 0.416 e. The van der Waals surface area contributed by atoms with Crippen molar-refractivity contribution in [1.82, 2.24) is 4.90 Å². The smallest absolute Gasteiger partial charge is 0.416 e. The fraction of sp³-hybridized carbons (Fsp3) is 0.190. The third-order valence-corrected chi connectivity index (χ3v) is 5.57. The van der Waals surface area contributed by atoms with Crippen LogP contribution in [0.1, 0.15) is 34.0 Å². The van der Waals surface area contributed by atoms with Gasteiger partial charge < -0.3 is 4.74 Å². The Bertz CT molecular complexity index is 1020. The molecule has 1 aliphatic heterocycles. The molecule has 0 unspecified atom stereocenters. The number of esters is 1. The van der Waals surface area contributed by atoms with E-state index >= 15 is 0 Å². The zero-order valence-electron chi connectivity index (χ0n) is 15.7. The molecule has 0 aromatic heterocycles. The number of hydrogen-bond donors (Lipinski definition) is 0. The Morgan fingerprint density at radius 1 is 1.20 bits per heavy atom. The average molecular weight is 451 g/mol. The highest BCUT2D eigenvalue weighted by atomic mass is 32.2. The molecule has 0 saturated carbocycles. The summed E-state index contributed by atoms with van der Waals surface area (Å²) in [5, 5.41) is 0. The summed E-state index contributed by atoms with van der Waals surface area (Å²) in [7, 11) is 0. The molecular weight excluding hydrogens is 435 g/mol. The van der Waals surface area contributed by atoms with E-state index in [0.717, 1.165) is 23.9 Å². The minimum Gasteiger partial charge on any atom is -0.462 e. The lowest BCUT2D eigenvalue weighted by atomic mass is 10.1. The van der Waals surface area contributed by atoms with Crippen molar-refractivity contribution in [2.24, 2.45) is 0 Å². The number of carbonyl (C=O) groups is 2. The summed E-state index contributed by atoms with van der Waals surface area (Å²) in [6.45, 7) is 1.94. The highest BCUT2D eigenvalue weighted by molar-refractivity contribution is 8.26. The Morgan fingerprint density at radius 2 is 1.90 bits per heavy atom. The Hall–Kier alpha value is -2.65. The van der Waals surface area contributed by atoms with Gasteiger partial charge in [-0.15, -0.1) is 0 Å². The van der Waals surface area contributed by atoms with Gasteiger partial charge in [0.25, 0.3) is 5.91 Å². The summed E-state index contributed by atoms with van der Waals surface area (Å²) in [6.07, 6.45) is -2.83. The van der Waals surface area contributed by atoms with Crippen LogP contribution in [0.25, 0.3) is 6.08 Å². The highest BCUT2D eigenvalue weighted by Gasteiger charge is 2.33. The lowest BCUT2D eigenvalue weighted by molar-refractivity contribution is -0.137. The largest absolute Gasteiger partial charge is 0.462 e. The van der Waals surface area contributed by atoms with Crippen molar-refractivity contribution < 1.29 is 27.5 Å². The normalized spacial score (nSPS) is 15.7. The van der Waals surface area contributed by atoms with Gasteiger partial charge in [-0.1, -0.05) is 48.2 Å². The van der Waals surface area contributed by atoms with Gasteiger partial charge in [0, 0.05) is 0 Å². The molecule has 0 spiro atoms. The van der Waals surface area contributed by atoms with E-state index in [0.29, 0.717) is 21.6 Å². The van der Waals surface area contributed by atoms with Crippen LogP contribution in [-0.2, 0) is 22.3 Å². The van der Waals surface area contributed by atoms with Gasteiger partial charge in [-0.2, -0.15) is 13.2 Å². The van der Waals surface area contributed by atoms with E-state index in [1.807, 2.05) is 0 Å². The number of thioether (sulfide) groups is 1. The molecule has 0 bridgehead atoms. The van der Waals surface area contributed by atoms with Crippen LogP contribution >= 0.6 is 24.0 Å². The molecule has 1 heterocycles. The lowest BCUT2D eigenvalue weighted by Crippen LogP contribution is -2.27. The Morgan fingerprint density at radius 3 is 2.53 bits per heavy atom. The quantitative estimate of drug-likeness (QED) is 0.352. The highest BCUT2D eigenvalue weighted by Crippen LogP contribution is 2.35. The molecule has 1 fully saturated rings. The van der Waals surface area contributed by atoms with E-state index in [-0.39, 0.29) is 23.4 Å². The summed E-state index contributed by atoms with van der Waals surface area (Å²) < 4.78 is 43.9. The van der Waals surface area contributed by atoms with Gasteiger partial charge in [0.15, 0.2) is 0 Å². The molecule has 3 rings (SSSR count). The first-order chi connectivity index (χ1) is 14.2. The fourth-order valence-corrected chi connectivity index (χ4v) is 4.00. The minimum absolute atomic E-state index is 0.0479. The maximum absolute atomic E-state index is 12.9. The lowest BCUT2D eigenvalue weighted by Gasteiger charge is -2.15. The summed E-state index contributed by atoms with van der Waals surface area (Å²) in [5.74, 6) is -0.812. The predicted molar refractivity (Wildman–Crippen MR) is 113 cm³/mol. The van der Waals surface area contributed by atoms with Gasteiger partial charge in [0.2, 0.25) is 0 Å². The molecule has 30 heavy (non-hydrogen) atoms. The second kappa shape index (κ2) is 9.01. The SMILES string of the molecule is CCOC(=O)c1ccc(/C=C2\SC(=S)N(Cc3cccc(C(F)(F)F)c3)C2=O)cc1. The second-order valence-corrected chi connectivity index (χ2v) is 7.98. The average Bonchev–Trinajstić information content (AvgIpc) is 2.96. The van der Waals surface area contributed by atoms with Crippen LogP contribution < -0.4 is 0 Å². The molecule has 0 radical (unpaired) electrons. The Kier molecular flexibility index (Phi) is 6.62. The van der Waals surface area contributed by atoms with Crippen molar-refractivity contribution in [3.63, 3.8) is 0 Å². The summed E-state index contributed by atoms with van der Waals surface area (Å²) in [4.78, 5) is 26.1. The molecule has 0 N–H and O–H groups in total. The van der Waals surface area contributed by atoms with E-state index in [1.54, 1.807) is 37.3 Å². The zero-order valence-corrected chi connectivity index (χ0v) is 17.4. The van der Waals surface area contributed by atoms with E-state index in [9.17, 15) is 22.8 Å². The van der Waals surface area contributed by atoms with E-state index in [2.05, 4.69) is 0 Å². The molecule has 1 saturated heterocycles. The van der Waals surface area contributed by atoms with Gasteiger partial charge in [-0.05, 0) is 48.4 Å². The van der Waals surface area contributed by atoms with Crippen molar-refractivity contribution in [3.8, 4) is 0 Å². The molecule has 156 valence electrons. The molecule has 9 heteroatoms. The summed E-state index contributed by atoms with van der Waals surface area (Å²) in [6, 6.07) is 11.3. The number of amides is 1. The topological polar surface area (TPSA) is 46.6 Å². The predicted octanol–water partition coefficient (Wildman–Crippen LogP) is 5.28. The monoisotopic (exact) mass is 451 g/mol. The van der Waals surface area contributed by atoms with Gasteiger partial charge in [0.1, 0.15) is 4.32 Å². The van der Waals surface area contributed by atoms with Gasteiger partial charge >= 0.3 is 12.1 Å². The number of benzene rings is 2. The van der Waals surface area contributed by atoms with Gasteiger partial charge in [-0.3, -0.25) is 9.69 Å². The number of alkyl halides is 3. The number of thiocarbonyl (C=S) groups is 1. The van der Waals surface area contributed by atoms with Crippen LogP contribution in [0, 0.1) is 0 Å². The van der Waals surface area contributed by atoms with Crippen LogP contribution in [0.4, 0.5) is 13.2 Å². The third-order valence-electron chi connectivity index (χ3n) is 4.19. The number of ether oxygens (including phenoxy) is 1. The van der Waals surface area contributed by atoms with E-state index in [1.165, 1.54) is 17.0 Å².